The molecule has 0 aliphatic carbocycles. The number of carbonyl (C=O) groups is 3. The monoisotopic (exact) mass is 414 g/mol. The minimum Gasteiger partial charge on any atom is -0.508 e. The maximum absolute atomic E-state index is 12.5. The molecule has 4 rings (SSSR count). The van der Waals surface area contributed by atoms with Crippen molar-refractivity contribution < 1.29 is 19.5 Å². The zero-order chi connectivity index (χ0) is 21.8. The van der Waals surface area contributed by atoms with E-state index >= 15 is 0 Å². The van der Waals surface area contributed by atoms with E-state index in [1.54, 1.807) is 60.7 Å². The quantitative estimate of drug-likeness (QED) is 0.540. The molecule has 1 aliphatic heterocycles. The van der Waals surface area contributed by atoms with Gasteiger partial charge in [0.1, 0.15) is 17.8 Å². The SMILES string of the molecule is O=C(c1ccccc1)c1ccc(C[C@@H]2NC(=O)[C@H](Cc3ccc(O)cc3)NC2=O)cc1. The molecule has 6 nitrogen and oxygen atoms in total. The molecule has 6 heteroatoms. The zero-order valence-electron chi connectivity index (χ0n) is 16.7. The van der Waals surface area contributed by atoms with Crippen molar-refractivity contribution in [3.8, 4) is 5.75 Å². The highest BCUT2D eigenvalue weighted by atomic mass is 16.3. The maximum atomic E-state index is 12.5. The highest BCUT2D eigenvalue weighted by Gasteiger charge is 2.33. The van der Waals surface area contributed by atoms with Crippen LogP contribution in [0, 0.1) is 0 Å². The van der Waals surface area contributed by atoms with E-state index in [1.165, 1.54) is 0 Å². The number of amides is 2. The van der Waals surface area contributed by atoms with Gasteiger partial charge in [0.25, 0.3) is 0 Å². The van der Waals surface area contributed by atoms with E-state index in [2.05, 4.69) is 10.6 Å². The van der Waals surface area contributed by atoms with Crippen LogP contribution in [0.1, 0.15) is 27.0 Å². The zero-order valence-corrected chi connectivity index (χ0v) is 16.7. The Morgan fingerprint density at radius 2 is 1.13 bits per heavy atom. The number of nitrogens with one attached hydrogen (secondary N) is 2. The number of ketones is 1. The molecule has 3 aromatic carbocycles. The van der Waals surface area contributed by atoms with Gasteiger partial charge in [0.05, 0.1) is 0 Å². The minimum atomic E-state index is -0.667. The molecular weight excluding hydrogens is 392 g/mol. The molecule has 156 valence electrons. The van der Waals surface area contributed by atoms with Gasteiger partial charge in [-0.05, 0) is 23.3 Å². The lowest BCUT2D eigenvalue weighted by atomic mass is 9.97. The number of rotatable bonds is 6. The molecule has 1 saturated heterocycles. The number of phenols is 1. The van der Waals surface area contributed by atoms with Crippen molar-refractivity contribution in [2.24, 2.45) is 0 Å². The molecule has 0 radical (unpaired) electrons. The van der Waals surface area contributed by atoms with Gasteiger partial charge in [0.2, 0.25) is 11.8 Å². The van der Waals surface area contributed by atoms with Crippen LogP contribution in [0.4, 0.5) is 0 Å². The number of phenolic OH excluding ortho intramolecular Hbond substituents is 1. The summed E-state index contributed by atoms with van der Waals surface area (Å²) in [5.41, 5.74) is 2.88. The molecule has 3 aromatic rings. The smallest absolute Gasteiger partial charge is 0.243 e. The second-order valence-corrected chi connectivity index (χ2v) is 7.59. The Bertz CT molecular complexity index is 1090. The standard InChI is InChI=1S/C25H22N2O4/c28-20-12-8-17(9-13-20)15-22-25(31)26-21(24(30)27-22)14-16-6-10-19(11-7-16)23(29)18-4-2-1-3-5-18/h1-13,21-22,28H,14-15H2,(H,26,31)(H,27,30)/t21-,22-/m0/s1. The Morgan fingerprint density at radius 3 is 1.65 bits per heavy atom. The predicted octanol–water partition coefficient (Wildman–Crippen LogP) is 2.39. The van der Waals surface area contributed by atoms with Crippen molar-refractivity contribution in [3.63, 3.8) is 0 Å². The van der Waals surface area contributed by atoms with Gasteiger partial charge in [-0.3, -0.25) is 14.4 Å². The van der Waals surface area contributed by atoms with Gasteiger partial charge in [0.15, 0.2) is 5.78 Å². The van der Waals surface area contributed by atoms with Gasteiger partial charge in [-0.1, -0.05) is 66.7 Å². The molecule has 1 aliphatic rings. The Labute approximate surface area is 179 Å². The number of benzene rings is 3. The van der Waals surface area contributed by atoms with Gasteiger partial charge in [-0.2, -0.15) is 0 Å². The molecule has 2 atom stereocenters. The molecule has 31 heavy (non-hydrogen) atoms. The van der Waals surface area contributed by atoms with Crippen LogP contribution in [0.5, 0.6) is 5.75 Å². The summed E-state index contributed by atoms with van der Waals surface area (Å²) >= 11 is 0. The summed E-state index contributed by atoms with van der Waals surface area (Å²) in [5.74, 6) is -0.397. The molecule has 0 unspecified atom stereocenters. The number of piperazine rings is 1. The molecular formula is C25H22N2O4. The van der Waals surface area contributed by atoms with Crippen molar-refractivity contribution in [3.05, 3.63) is 101 Å². The van der Waals surface area contributed by atoms with Crippen molar-refractivity contribution in [1.29, 1.82) is 0 Å². The van der Waals surface area contributed by atoms with E-state index in [9.17, 15) is 19.5 Å². The molecule has 1 heterocycles. The Morgan fingerprint density at radius 1 is 0.677 bits per heavy atom. The summed E-state index contributed by atoms with van der Waals surface area (Å²) in [4.78, 5) is 37.5. The molecule has 1 fully saturated rings. The van der Waals surface area contributed by atoms with Gasteiger partial charge in [0, 0.05) is 24.0 Å². The van der Waals surface area contributed by atoms with Crippen LogP contribution >= 0.6 is 0 Å². The third-order valence-corrected chi connectivity index (χ3v) is 5.33. The molecule has 3 N–H and O–H groups in total. The molecule has 0 saturated carbocycles. The highest BCUT2D eigenvalue weighted by molar-refractivity contribution is 6.09. The van der Waals surface area contributed by atoms with E-state index in [-0.39, 0.29) is 23.3 Å². The average molecular weight is 414 g/mol. The van der Waals surface area contributed by atoms with E-state index in [1.807, 2.05) is 18.2 Å². The summed E-state index contributed by atoms with van der Waals surface area (Å²) in [6.07, 6.45) is 0.685. The third kappa shape index (κ3) is 4.80. The van der Waals surface area contributed by atoms with Crippen molar-refractivity contribution >= 4 is 17.6 Å². The van der Waals surface area contributed by atoms with Crippen LogP contribution in [-0.4, -0.2) is 34.8 Å². The molecule has 0 aromatic heterocycles. The van der Waals surface area contributed by atoms with E-state index < -0.39 is 12.1 Å². The Balaban J connectivity index is 1.37. The van der Waals surface area contributed by atoms with Crippen LogP contribution in [0.2, 0.25) is 0 Å². The fourth-order valence-electron chi connectivity index (χ4n) is 3.62. The maximum Gasteiger partial charge on any atom is 0.243 e. The number of hydrogen-bond donors (Lipinski definition) is 3. The van der Waals surface area contributed by atoms with Crippen LogP contribution in [0.3, 0.4) is 0 Å². The first-order valence-corrected chi connectivity index (χ1v) is 10.1. The largest absolute Gasteiger partial charge is 0.508 e. The van der Waals surface area contributed by atoms with Gasteiger partial charge < -0.3 is 15.7 Å². The number of hydrogen-bond acceptors (Lipinski definition) is 4. The lowest BCUT2D eigenvalue weighted by Crippen LogP contribution is -2.62. The Kier molecular flexibility index (Phi) is 5.80. The topological polar surface area (TPSA) is 95.5 Å². The fourth-order valence-corrected chi connectivity index (χ4v) is 3.62. The third-order valence-electron chi connectivity index (χ3n) is 5.33. The van der Waals surface area contributed by atoms with E-state index in [0.717, 1.165) is 11.1 Å². The van der Waals surface area contributed by atoms with Crippen LogP contribution in [0.15, 0.2) is 78.9 Å². The summed E-state index contributed by atoms with van der Waals surface area (Å²) in [5, 5.41) is 14.9. The molecule has 0 bridgehead atoms. The van der Waals surface area contributed by atoms with Gasteiger partial charge >= 0.3 is 0 Å². The van der Waals surface area contributed by atoms with E-state index in [0.29, 0.717) is 24.0 Å². The summed E-state index contributed by atoms with van der Waals surface area (Å²) in [7, 11) is 0. The number of aromatic hydroxyl groups is 1. The van der Waals surface area contributed by atoms with Crippen LogP contribution in [0.25, 0.3) is 0 Å². The lowest BCUT2D eigenvalue weighted by molar-refractivity contribution is -0.136. The van der Waals surface area contributed by atoms with Crippen molar-refractivity contribution in [2.45, 2.75) is 24.9 Å². The summed E-state index contributed by atoms with van der Waals surface area (Å²) in [6, 6.07) is 21.3. The lowest BCUT2D eigenvalue weighted by Gasteiger charge is -2.29. The molecule has 0 spiro atoms. The van der Waals surface area contributed by atoms with Gasteiger partial charge in [-0.25, -0.2) is 0 Å². The first kappa shape index (κ1) is 20.3. The van der Waals surface area contributed by atoms with Crippen molar-refractivity contribution in [1.82, 2.24) is 10.6 Å². The van der Waals surface area contributed by atoms with Crippen molar-refractivity contribution in [2.75, 3.05) is 0 Å². The Hall–Kier alpha value is -3.93. The molecule has 2 amide bonds. The first-order valence-electron chi connectivity index (χ1n) is 10.1. The first-order chi connectivity index (χ1) is 15.0. The normalized spacial score (nSPS) is 18.2. The summed E-state index contributed by atoms with van der Waals surface area (Å²) in [6.45, 7) is 0. The highest BCUT2D eigenvalue weighted by Crippen LogP contribution is 2.15. The number of carbonyl (C=O) groups excluding carboxylic acids is 3. The second kappa shape index (κ2) is 8.83. The predicted molar refractivity (Wildman–Crippen MR) is 116 cm³/mol. The second-order valence-electron chi connectivity index (χ2n) is 7.59. The van der Waals surface area contributed by atoms with E-state index in [4.69, 9.17) is 0 Å². The minimum absolute atomic E-state index is 0.0621. The average Bonchev–Trinajstić information content (AvgIpc) is 2.79. The van der Waals surface area contributed by atoms with Gasteiger partial charge in [-0.15, -0.1) is 0 Å². The summed E-state index contributed by atoms with van der Waals surface area (Å²) < 4.78 is 0. The van der Waals surface area contributed by atoms with Crippen LogP contribution < -0.4 is 10.6 Å². The fraction of sp³-hybridized carbons (Fsp3) is 0.160. The van der Waals surface area contributed by atoms with Crippen LogP contribution in [-0.2, 0) is 22.4 Å².